The summed E-state index contributed by atoms with van der Waals surface area (Å²) in [6.45, 7) is 2.46. The van der Waals surface area contributed by atoms with Crippen molar-refractivity contribution in [3.8, 4) is 0 Å². The van der Waals surface area contributed by atoms with E-state index < -0.39 is 23.9 Å². The number of anilines is 1. The number of likely N-dealkylation sites (tertiary alicyclic amines) is 1. The van der Waals surface area contributed by atoms with E-state index in [9.17, 15) is 19.1 Å². The van der Waals surface area contributed by atoms with Gasteiger partial charge in [0.1, 0.15) is 5.82 Å². The summed E-state index contributed by atoms with van der Waals surface area (Å²) in [6.07, 6.45) is 0.138. The average molecular weight is 296 g/mol. The molecule has 1 aliphatic rings. The Morgan fingerprint density at radius 2 is 2.19 bits per heavy atom. The van der Waals surface area contributed by atoms with Crippen LogP contribution in [0.15, 0.2) is 18.2 Å². The van der Waals surface area contributed by atoms with Gasteiger partial charge in [-0.1, -0.05) is 6.07 Å². The quantitative estimate of drug-likeness (QED) is 0.792. The third-order valence-corrected chi connectivity index (χ3v) is 3.67. The number of nitrogens with zero attached hydrogens (tertiary/aromatic N) is 1. The number of aliphatic hydroxyl groups is 1. The molecule has 1 saturated heterocycles. The monoisotopic (exact) mass is 296 g/mol. The Labute approximate surface area is 121 Å². The van der Waals surface area contributed by atoms with Gasteiger partial charge in [0.2, 0.25) is 0 Å². The number of hydrogen-bond donors (Lipinski definition) is 3. The third kappa shape index (κ3) is 3.30. The molecule has 2 atom stereocenters. The summed E-state index contributed by atoms with van der Waals surface area (Å²) >= 11 is 0. The summed E-state index contributed by atoms with van der Waals surface area (Å²) in [5.41, 5.74) is -0.634. The number of amides is 2. The smallest absolute Gasteiger partial charge is 0.337 e. The minimum Gasteiger partial charge on any atom is -0.478 e. The number of carbonyl (C=O) groups excluding carboxylic acids is 1. The van der Waals surface area contributed by atoms with Gasteiger partial charge in [0.25, 0.3) is 0 Å². The van der Waals surface area contributed by atoms with Crippen molar-refractivity contribution < 1.29 is 24.2 Å². The van der Waals surface area contributed by atoms with Gasteiger partial charge in [0.05, 0.1) is 17.4 Å². The van der Waals surface area contributed by atoms with Crippen LogP contribution in [0, 0.1) is 11.7 Å². The van der Waals surface area contributed by atoms with Crippen LogP contribution >= 0.6 is 0 Å². The molecule has 6 nitrogen and oxygen atoms in total. The molecule has 7 heteroatoms. The van der Waals surface area contributed by atoms with Crippen molar-refractivity contribution >= 4 is 17.7 Å². The number of rotatable bonds is 3. The van der Waals surface area contributed by atoms with Crippen LogP contribution in [0.2, 0.25) is 0 Å². The second-order valence-electron chi connectivity index (χ2n) is 5.13. The zero-order chi connectivity index (χ0) is 15.6. The highest BCUT2D eigenvalue weighted by Crippen LogP contribution is 2.23. The lowest BCUT2D eigenvalue weighted by Crippen LogP contribution is -2.34. The van der Waals surface area contributed by atoms with Gasteiger partial charge in [0, 0.05) is 19.0 Å². The van der Waals surface area contributed by atoms with Gasteiger partial charge in [-0.3, -0.25) is 0 Å². The van der Waals surface area contributed by atoms with E-state index in [4.69, 9.17) is 5.11 Å². The van der Waals surface area contributed by atoms with Crippen LogP contribution in [-0.4, -0.2) is 46.3 Å². The first-order valence-corrected chi connectivity index (χ1v) is 6.66. The topological polar surface area (TPSA) is 89.9 Å². The number of halogens is 1. The van der Waals surface area contributed by atoms with Crippen molar-refractivity contribution in [1.29, 1.82) is 0 Å². The Morgan fingerprint density at radius 3 is 2.76 bits per heavy atom. The Morgan fingerprint density at radius 1 is 1.48 bits per heavy atom. The molecule has 0 aromatic heterocycles. The molecule has 1 fully saturated rings. The maximum Gasteiger partial charge on any atom is 0.337 e. The molecule has 1 aromatic carbocycles. The van der Waals surface area contributed by atoms with Crippen LogP contribution in [0.25, 0.3) is 0 Å². The second kappa shape index (κ2) is 6.09. The second-order valence-corrected chi connectivity index (χ2v) is 5.13. The molecule has 2 rings (SSSR count). The van der Waals surface area contributed by atoms with Crippen LogP contribution in [0.1, 0.15) is 23.7 Å². The number of carboxylic acids is 1. The summed E-state index contributed by atoms with van der Waals surface area (Å²) in [5, 5.41) is 20.8. The molecule has 0 saturated carbocycles. The number of para-hydroxylation sites is 1. The number of urea groups is 1. The maximum absolute atomic E-state index is 13.7. The number of carbonyl (C=O) groups is 2. The van der Waals surface area contributed by atoms with E-state index in [0.29, 0.717) is 19.5 Å². The summed E-state index contributed by atoms with van der Waals surface area (Å²) in [6, 6.07) is 3.02. The van der Waals surface area contributed by atoms with Crippen LogP contribution in [-0.2, 0) is 0 Å². The maximum atomic E-state index is 13.7. The van der Waals surface area contributed by atoms with Gasteiger partial charge in [-0.25, -0.2) is 14.0 Å². The van der Waals surface area contributed by atoms with Gasteiger partial charge in [-0.05, 0) is 25.5 Å². The molecule has 0 radical (unpaired) electrons. The number of aliphatic hydroxyl groups excluding tert-OH is 1. The Hall–Kier alpha value is -2.15. The van der Waals surface area contributed by atoms with E-state index in [1.54, 1.807) is 6.92 Å². The molecule has 0 bridgehead atoms. The number of nitrogens with one attached hydrogen (secondary N) is 1. The number of aromatic carboxylic acids is 1. The number of carboxylic acid groups (broad SMARTS) is 1. The normalized spacial score (nSPS) is 19.4. The van der Waals surface area contributed by atoms with Crippen molar-refractivity contribution in [3.63, 3.8) is 0 Å². The molecule has 1 heterocycles. The molecule has 0 spiro atoms. The largest absolute Gasteiger partial charge is 0.478 e. The van der Waals surface area contributed by atoms with Gasteiger partial charge in [0.15, 0.2) is 0 Å². The van der Waals surface area contributed by atoms with Crippen molar-refractivity contribution in [2.45, 2.75) is 19.4 Å². The lowest BCUT2D eigenvalue weighted by Gasteiger charge is -2.19. The SMILES string of the molecule is CC(O)C1CCN(C(=O)Nc2c(F)cccc2C(=O)O)C1. The lowest BCUT2D eigenvalue weighted by molar-refractivity contribution is 0.0697. The highest BCUT2D eigenvalue weighted by molar-refractivity contribution is 6.00. The van der Waals surface area contributed by atoms with Crippen LogP contribution < -0.4 is 5.32 Å². The van der Waals surface area contributed by atoms with E-state index in [1.165, 1.54) is 17.0 Å². The van der Waals surface area contributed by atoms with E-state index >= 15 is 0 Å². The minimum atomic E-state index is -1.31. The predicted molar refractivity (Wildman–Crippen MR) is 73.7 cm³/mol. The van der Waals surface area contributed by atoms with Crippen molar-refractivity contribution in [2.24, 2.45) is 5.92 Å². The van der Waals surface area contributed by atoms with E-state index in [1.807, 2.05) is 0 Å². The summed E-state index contributed by atoms with van der Waals surface area (Å²) < 4.78 is 13.7. The fraction of sp³-hybridized carbons (Fsp3) is 0.429. The van der Waals surface area contributed by atoms with Crippen LogP contribution in [0.4, 0.5) is 14.9 Å². The molecular weight excluding hydrogens is 279 g/mol. The van der Waals surface area contributed by atoms with Gasteiger partial charge in [-0.15, -0.1) is 0 Å². The molecule has 21 heavy (non-hydrogen) atoms. The Kier molecular flexibility index (Phi) is 4.42. The minimum absolute atomic E-state index is 0.0182. The molecule has 1 aliphatic heterocycles. The zero-order valence-corrected chi connectivity index (χ0v) is 11.5. The fourth-order valence-electron chi connectivity index (χ4n) is 2.38. The lowest BCUT2D eigenvalue weighted by atomic mass is 10.0. The van der Waals surface area contributed by atoms with Crippen molar-refractivity contribution in [2.75, 3.05) is 18.4 Å². The first-order valence-electron chi connectivity index (χ1n) is 6.66. The molecule has 2 amide bonds. The number of benzene rings is 1. The summed E-state index contributed by atoms with van der Waals surface area (Å²) in [4.78, 5) is 24.6. The summed E-state index contributed by atoms with van der Waals surface area (Å²) in [5.74, 6) is -2.13. The third-order valence-electron chi connectivity index (χ3n) is 3.67. The van der Waals surface area contributed by atoms with Crippen molar-refractivity contribution in [3.05, 3.63) is 29.6 Å². The number of hydrogen-bond acceptors (Lipinski definition) is 3. The van der Waals surface area contributed by atoms with E-state index in [2.05, 4.69) is 5.32 Å². The van der Waals surface area contributed by atoms with E-state index in [-0.39, 0.29) is 17.2 Å². The highest BCUT2D eigenvalue weighted by Gasteiger charge is 2.30. The molecule has 3 N–H and O–H groups in total. The molecular formula is C14H17FN2O4. The van der Waals surface area contributed by atoms with Crippen LogP contribution in [0.3, 0.4) is 0 Å². The zero-order valence-electron chi connectivity index (χ0n) is 11.5. The Bertz CT molecular complexity index is 562. The first kappa shape index (κ1) is 15.2. The van der Waals surface area contributed by atoms with Gasteiger partial charge < -0.3 is 20.4 Å². The fourth-order valence-corrected chi connectivity index (χ4v) is 2.38. The average Bonchev–Trinajstić information content (AvgIpc) is 2.90. The predicted octanol–water partition coefficient (Wildman–Crippen LogP) is 1.76. The van der Waals surface area contributed by atoms with Crippen LogP contribution in [0.5, 0.6) is 0 Å². The molecule has 114 valence electrons. The Balaban J connectivity index is 2.12. The van der Waals surface area contributed by atoms with Crippen molar-refractivity contribution in [1.82, 2.24) is 4.90 Å². The molecule has 2 unspecified atom stereocenters. The highest BCUT2D eigenvalue weighted by atomic mass is 19.1. The van der Waals surface area contributed by atoms with E-state index in [0.717, 1.165) is 6.07 Å². The van der Waals surface area contributed by atoms with Gasteiger partial charge >= 0.3 is 12.0 Å². The molecule has 1 aromatic rings. The molecule has 0 aliphatic carbocycles. The van der Waals surface area contributed by atoms with Gasteiger partial charge in [-0.2, -0.15) is 0 Å². The standard InChI is InChI=1S/C14H17FN2O4/c1-8(18)9-5-6-17(7-9)14(21)16-12-10(13(19)20)3-2-4-11(12)15/h2-4,8-9,18H,5-7H2,1H3,(H,16,21)(H,19,20). The summed E-state index contributed by atoms with van der Waals surface area (Å²) in [7, 11) is 0. The first-order chi connectivity index (χ1) is 9.90.